The molecule has 0 heterocycles. The molecule has 2 rings (SSSR count). The molecule has 2 aromatic rings. The van der Waals surface area contributed by atoms with Crippen molar-refractivity contribution >= 4 is 16.0 Å². The number of hydrogen-bond acceptors (Lipinski definition) is 5. The van der Waals surface area contributed by atoms with Gasteiger partial charge in [-0.1, -0.05) is 31.2 Å². The molecule has 0 spiro atoms. The summed E-state index contributed by atoms with van der Waals surface area (Å²) in [5.41, 5.74) is 2.45. The van der Waals surface area contributed by atoms with Crippen LogP contribution >= 0.6 is 0 Å². The third kappa shape index (κ3) is 6.37. The summed E-state index contributed by atoms with van der Waals surface area (Å²) in [7, 11) is -1.88. The summed E-state index contributed by atoms with van der Waals surface area (Å²) in [4.78, 5) is 11.5. The molecule has 0 fully saturated rings. The molecular formula is C20H25NO5S. The fraction of sp³-hybridized carbons (Fsp3) is 0.350. The maximum Gasteiger partial charge on any atom is 0.337 e. The van der Waals surface area contributed by atoms with E-state index in [1.54, 1.807) is 12.1 Å². The molecule has 2 aromatic carbocycles. The molecule has 0 aliphatic rings. The lowest BCUT2D eigenvalue weighted by Crippen LogP contribution is -2.34. The van der Waals surface area contributed by atoms with Gasteiger partial charge in [0.2, 0.25) is 10.0 Å². The van der Waals surface area contributed by atoms with Crippen LogP contribution in [0.2, 0.25) is 0 Å². The van der Waals surface area contributed by atoms with E-state index in [4.69, 9.17) is 9.47 Å². The summed E-state index contributed by atoms with van der Waals surface area (Å²) in [6.07, 6.45) is 0.286. The lowest BCUT2D eigenvalue weighted by atomic mass is 10.0. The normalized spacial score (nSPS) is 12.4. The minimum atomic E-state index is -3.24. The fourth-order valence-electron chi connectivity index (χ4n) is 2.50. The summed E-state index contributed by atoms with van der Waals surface area (Å²) in [5.74, 6) is 0.407. The summed E-state index contributed by atoms with van der Waals surface area (Å²) in [6, 6.07) is 14.6. The lowest BCUT2D eigenvalue weighted by molar-refractivity contribution is 0.0600. The van der Waals surface area contributed by atoms with Crippen LogP contribution in [0.4, 0.5) is 0 Å². The molecule has 0 aromatic heterocycles. The maximum absolute atomic E-state index is 11.7. The van der Waals surface area contributed by atoms with Gasteiger partial charge in [0, 0.05) is 6.54 Å². The van der Waals surface area contributed by atoms with E-state index in [0.717, 1.165) is 11.1 Å². The highest BCUT2D eigenvalue weighted by Crippen LogP contribution is 2.23. The van der Waals surface area contributed by atoms with Crippen molar-refractivity contribution in [2.45, 2.75) is 26.4 Å². The van der Waals surface area contributed by atoms with Crippen molar-refractivity contribution in [1.82, 2.24) is 4.72 Å². The summed E-state index contributed by atoms with van der Waals surface area (Å²) in [6.45, 7) is 3.86. The van der Waals surface area contributed by atoms with Crippen molar-refractivity contribution in [3.8, 4) is 16.9 Å². The summed E-state index contributed by atoms with van der Waals surface area (Å²) >= 11 is 0. The number of carbonyl (C=O) groups is 1. The van der Waals surface area contributed by atoms with E-state index < -0.39 is 10.0 Å². The second-order valence-corrected chi connectivity index (χ2v) is 8.12. The minimum Gasteiger partial charge on any atom is -0.489 e. The Morgan fingerprint density at radius 3 is 2.11 bits per heavy atom. The first-order valence-electron chi connectivity index (χ1n) is 8.77. The van der Waals surface area contributed by atoms with Crippen LogP contribution in [0.3, 0.4) is 0 Å². The Hall–Kier alpha value is -2.38. The van der Waals surface area contributed by atoms with Gasteiger partial charge < -0.3 is 9.47 Å². The van der Waals surface area contributed by atoms with Gasteiger partial charge >= 0.3 is 5.97 Å². The highest BCUT2D eigenvalue weighted by molar-refractivity contribution is 7.89. The number of benzene rings is 2. The van der Waals surface area contributed by atoms with Crippen molar-refractivity contribution in [2.24, 2.45) is 0 Å². The summed E-state index contributed by atoms with van der Waals surface area (Å²) < 4.78 is 36.3. The van der Waals surface area contributed by atoms with Crippen LogP contribution in [0, 0.1) is 0 Å². The third-order valence-corrected chi connectivity index (χ3v) is 5.45. The molecule has 0 amide bonds. The fourth-order valence-corrected chi connectivity index (χ4v) is 3.67. The van der Waals surface area contributed by atoms with Gasteiger partial charge in [-0.3, -0.25) is 0 Å². The van der Waals surface area contributed by atoms with Gasteiger partial charge in [0.1, 0.15) is 11.9 Å². The van der Waals surface area contributed by atoms with Crippen molar-refractivity contribution in [2.75, 3.05) is 19.4 Å². The van der Waals surface area contributed by atoms with Crippen LogP contribution in [0.25, 0.3) is 11.1 Å². The van der Waals surface area contributed by atoms with E-state index in [1.807, 2.05) is 50.2 Å². The number of ether oxygens (including phenoxy) is 2. The van der Waals surface area contributed by atoms with E-state index in [9.17, 15) is 13.2 Å². The van der Waals surface area contributed by atoms with Crippen molar-refractivity contribution in [3.05, 3.63) is 54.1 Å². The maximum atomic E-state index is 11.7. The monoisotopic (exact) mass is 391 g/mol. The second kappa shape index (κ2) is 9.53. The molecule has 0 radical (unpaired) electrons. The SMILES string of the molecule is CCCS(=O)(=O)NCC(C)Oc1ccc(-c2ccc(C(=O)OC)cc2)cc1. The topological polar surface area (TPSA) is 81.7 Å². The third-order valence-electron chi connectivity index (χ3n) is 3.89. The number of rotatable bonds is 9. The van der Waals surface area contributed by atoms with E-state index in [2.05, 4.69) is 4.72 Å². The Morgan fingerprint density at radius 1 is 1.04 bits per heavy atom. The summed E-state index contributed by atoms with van der Waals surface area (Å²) in [5, 5.41) is 0. The zero-order chi connectivity index (χ0) is 19.9. The molecule has 0 saturated heterocycles. The number of hydrogen-bond donors (Lipinski definition) is 1. The molecule has 0 saturated carbocycles. The lowest BCUT2D eigenvalue weighted by Gasteiger charge is -2.16. The first-order chi connectivity index (χ1) is 12.8. The Labute approximate surface area is 160 Å². The molecule has 6 nitrogen and oxygen atoms in total. The largest absolute Gasteiger partial charge is 0.489 e. The highest BCUT2D eigenvalue weighted by Gasteiger charge is 2.12. The molecule has 0 aliphatic heterocycles. The first kappa shape index (κ1) is 20.9. The van der Waals surface area contributed by atoms with E-state index in [1.165, 1.54) is 7.11 Å². The smallest absolute Gasteiger partial charge is 0.337 e. The van der Waals surface area contributed by atoms with Crippen molar-refractivity contribution < 1.29 is 22.7 Å². The number of nitrogens with one attached hydrogen (secondary N) is 1. The van der Waals surface area contributed by atoms with E-state index in [0.29, 0.717) is 17.7 Å². The predicted molar refractivity (Wildman–Crippen MR) is 105 cm³/mol. The molecule has 1 N–H and O–H groups in total. The standard InChI is InChI=1S/C20H25NO5S/c1-4-13-27(23,24)21-14-15(2)26-19-11-9-17(10-12-19)16-5-7-18(8-6-16)20(22)25-3/h5-12,15,21H,4,13-14H2,1-3H3. The number of sulfonamides is 1. The molecule has 0 bridgehead atoms. The van der Waals surface area contributed by atoms with Crippen molar-refractivity contribution in [3.63, 3.8) is 0 Å². The van der Waals surface area contributed by atoms with Gasteiger partial charge in [-0.25, -0.2) is 17.9 Å². The van der Waals surface area contributed by atoms with Crippen LogP contribution in [0.1, 0.15) is 30.6 Å². The first-order valence-corrected chi connectivity index (χ1v) is 10.4. The predicted octanol–water partition coefficient (Wildman–Crippen LogP) is 3.24. The van der Waals surface area contributed by atoms with Crippen molar-refractivity contribution in [1.29, 1.82) is 0 Å². The average molecular weight is 391 g/mol. The average Bonchev–Trinajstić information content (AvgIpc) is 2.66. The Morgan fingerprint density at radius 2 is 1.59 bits per heavy atom. The molecule has 1 unspecified atom stereocenters. The molecule has 1 atom stereocenters. The molecule has 7 heteroatoms. The van der Waals surface area contributed by atoms with Gasteiger partial charge in [0.15, 0.2) is 0 Å². The second-order valence-electron chi connectivity index (χ2n) is 6.19. The Bertz CT molecular complexity index is 845. The van der Waals surface area contributed by atoms with Gasteiger partial charge in [0.05, 0.1) is 18.4 Å². The minimum absolute atomic E-state index is 0.114. The molecule has 146 valence electrons. The zero-order valence-electron chi connectivity index (χ0n) is 15.8. The van der Waals surface area contributed by atoms with Gasteiger partial charge in [-0.2, -0.15) is 0 Å². The quantitative estimate of drug-likeness (QED) is 0.664. The van der Waals surface area contributed by atoms with Gasteiger partial charge in [-0.05, 0) is 48.7 Å². The number of esters is 1. The van der Waals surface area contributed by atoms with E-state index >= 15 is 0 Å². The molecular weight excluding hydrogens is 366 g/mol. The van der Waals surface area contributed by atoms with Gasteiger partial charge in [-0.15, -0.1) is 0 Å². The number of methoxy groups -OCH3 is 1. The van der Waals surface area contributed by atoms with Crippen LogP contribution < -0.4 is 9.46 Å². The van der Waals surface area contributed by atoms with Crippen LogP contribution in [0.5, 0.6) is 5.75 Å². The van der Waals surface area contributed by atoms with Crippen LogP contribution in [-0.4, -0.2) is 39.9 Å². The van der Waals surface area contributed by atoms with Crippen LogP contribution in [0.15, 0.2) is 48.5 Å². The highest BCUT2D eigenvalue weighted by atomic mass is 32.2. The zero-order valence-corrected chi connectivity index (χ0v) is 16.6. The molecule has 0 aliphatic carbocycles. The van der Waals surface area contributed by atoms with Gasteiger partial charge in [0.25, 0.3) is 0 Å². The van der Waals surface area contributed by atoms with Crippen LogP contribution in [-0.2, 0) is 14.8 Å². The number of carbonyl (C=O) groups excluding carboxylic acids is 1. The Kier molecular flexibility index (Phi) is 7.38. The Balaban J connectivity index is 1.95. The molecule has 27 heavy (non-hydrogen) atoms. The van der Waals surface area contributed by atoms with E-state index in [-0.39, 0.29) is 24.4 Å².